The number of benzene rings is 2. The molecule has 0 unspecified atom stereocenters. The molecule has 1 amide bonds. The molecule has 0 aliphatic carbocycles. The van der Waals surface area contributed by atoms with Gasteiger partial charge in [0.1, 0.15) is 11.6 Å². The molecule has 27 heavy (non-hydrogen) atoms. The van der Waals surface area contributed by atoms with Crippen LogP contribution in [0.15, 0.2) is 60.8 Å². The predicted octanol–water partition coefficient (Wildman–Crippen LogP) is 4.38. The second-order valence-corrected chi connectivity index (χ2v) is 6.88. The summed E-state index contributed by atoms with van der Waals surface area (Å²) >= 11 is 0. The van der Waals surface area contributed by atoms with Crippen LogP contribution in [0.25, 0.3) is 0 Å². The van der Waals surface area contributed by atoms with Gasteiger partial charge in [-0.05, 0) is 35.6 Å². The highest BCUT2D eigenvalue weighted by molar-refractivity contribution is 5.91. The number of anilines is 1. The van der Waals surface area contributed by atoms with E-state index in [1.54, 1.807) is 16.9 Å². The molecule has 0 radical (unpaired) electrons. The fourth-order valence-electron chi connectivity index (χ4n) is 2.77. The Labute approximate surface area is 160 Å². The summed E-state index contributed by atoms with van der Waals surface area (Å²) in [4.78, 5) is 12.3. The number of hydrogen-bond donors (Lipinski definition) is 1. The van der Waals surface area contributed by atoms with Gasteiger partial charge in [-0.1, -0.05) is 56.3 Å². The summed E-state index contributed by atoms with van der Waals surface area (Å²) in [6, 6.07) is 17.9. The topological polar surface area (TPSA) is 56.1 Å². The average Bonchev–Trinajstić information content (AvgIpc) is 3.08. The Morgan fingerprint density at radius 1 is 1.15 bits per heavy atom. The van der Waals surface area contributed by atoms with Crippen LogP contribution >= 0.6 is 0 Å². The molecule has 5 heteroatoms. The van der Waals surface area contributed by atoms with Gasteiger partial charge in [-0.2, -0.15) is 5.10 Å². The molecule has 1 aromatic heterocycles. The quantitative estimate of drug-likeness (QED) is 0.678. The molecule has 140 valence electrons. The van der Waals surface area contributed by atoms with E-state index in [1.807, 2.05) is 49.4 Å². The molecule has 0 spiro atoms. The fraction of sp³-hybridized carbons (Fsp3) is 0.273. The average molecular weight is 363 g/mol. The molecular formula is C22H25N3O2. The molecule has 3 aromatic rings. The molecule has 0 fully saturated rings. The first-order valence-electron chi connectivity index (χ1n) is 9.12. The van der Waals surface area contributed by atoms with E-state index < -0.39 is 0 Å². The Balaban J connectivity index is 1.61. The van der Waals surface area contributed by atoms with Crippen molar-refractivity contribution < 1.29 is 9.53 Å². The first-order chi connectivity index (χ1) is 13.0. The largest absolute Gasteiger partial charge is 0.483 e. The SMILES string of the molecule is Cc1ccc(C(C)C)cc1OCC(=O)Nc1ccnn1Cc1ccccc1. The number of carbonyl (C=O) groups excluding carboxylic acids is 1. The summed E-state index contributed by atoms with van der Waals surface area (Å²) in [6.45, 7) is 6.80. The first kappa shape index (κ1) is 18.7. The van der Waals surface area contributed by atoms with Crippen LogP contribution in [0.2, 0.25) is 0 Å². The lowest BCUT2D eigenvalue weighted by molar-refractivity contribution is -0.118. The van der Waals surface area contributed by atoms with Crippen molar-refractivity contribution in [3.63, 3.8) is 0 Å². The lowest BCUT2D eigenvalue weighted by atomic mass is 10.0. The van der Waals surface area contributed by atoms with Crippen molar-refractivity contribution in [1.29, 1.82) is 0 Å². The Kier molecular flexibility index (Phi) is 5.91. The second-order valence-electron chi connectivity index (χ2n) is 6.88. The van der Waals surface area contributed by atoms with E-state index >= 15 is 0 Å². The monoisotopic (exact) mass is 363 g/mol. The van der Waals surface area contributed by atoms with Crippen molar-refractivity contribution in [2.45, 2.75) is 33.2 Å². The summed E-state index contributed by atoms with van der Waals surface area (Å²) < 4.78 is 7.52. The fourth-order valence-corrected chi connectivity index (χ4v) is 2.77. The number of aryl methyl sites for hydroxylation is 1. The van der Waals surface area contributed by atoms with Gasteiger partial charge in [0.2, 0.25) is 0 Å². The van der Waals surface area contributed by atoms with Crippen LogP contribution in [0.1, 0.15) is 36.5 Å². The van der Waals surface area contributed by atoms with Crippen LogP contribution in [-0.2, 0) is 11.3 Å². The Hall–Kier alpha value is -3.08. The lowest BCUT2D eigenvalue weighted by Gasteiger charge is -2.13. The van der Waals surface area contributed by atoms with Crippen molar-refractivity contribution in [2.75, 3.05) is 11.9 Å². The van der Waals surface area contributed by atoms with Gasteiger partial charge in [0.05, 0.1) is 12.7 Å². The van der Waals surface area contributed by atoms with Crippen LogP contribution in [0, 0.1) is 6.92 Å². The molecule has 0 saturated heterocycles. The highest BCUT2D eigenvalue weighted by Gasteiger charge is 2.10. The third kappa shape index (κ3) is 4.97. The molecule has 1 heterocycles. The maximum atomic E-state index is 12.3. The predicted molar refractivity (Wildman–Crippen MR) is 107 cm³/mol. The van der Waals surface area contributed by atoms with Crippen molar-refractivity contribution in [3.05, 3.63) is 77.5 Å². The number of amides is 1. The van der Waals surface area contributed by atoms with Crippen LogP contribution < -0.4 is 10.1 Å². The van der Waals surface area contributed by atoms with Crippen molar-refractivity contribution >= 4 is 11.7 Å². The van der Waals surface area contributed by atoms with Gasteiger partial charge in [-0.15, -0.1) is 0 Å². The molecule has 0 atom stereocenters. The zero-order valence-corrected chi connectivity index (χ0v) is 16.0. The smallest absolute Gasteiger partial charge is 0.263 e. The number of ether oxygens (including phenoxy) is 1. The maximum absolute atomic E-state index is 12.3. The summed E-state index contributed by atoms with van der Waals surface area (Å²) in [7, 11) is 0. The molecule has 0 aliphatic heterocycles. The molecule has 2 aromatic carbocycles. The van der Waals surface area contributed by atoms with Crippen LogP contribution in [0.3, 0.4) is 0 Å². The Bertz CT molecular complexity index is 901. The second kappa shape index (κ2) is 8.54. The molecular weight excluding hydrogens is 338 g/mol. The third-order valence-electron chi connectivity index (χ3n) is 4.40. The first-order valence-corrected chi connectivity index (χ1v) is 9.12. The Morgan fingerprint density at radius 3 is 2.67 bits per heavy atom. The van der Waals surface area contributed by atoms with Gasteiger partial charge in [0, 0.05) is 6.07 Å². The third-order valence-corrected chi connectivity index (χ3v) is 4.40. The van der Waals surface area contributed by atoms with Gasteiger partial charge in [0.15, 0.2) is 6.61 Å². The van der Waals surface area contributed by atoms with Crippen LogP contribution in [-0.4, -0.2) is 22.3 Å². The number of aromatic nitrogens is 2. The highest BCUT2D eigenvalue weighted by atomic mass is 16.5. The molecule has 3 rings (SSSR count). The highest BCUT2D eigenvalue weighted by Crippen LogP contribution is 2.24. The zero-order chi connectivity index (χ0) is 19.2. The van der Waals surface area contributed by atoms with E-state index in [-0.39, 0.29) is 12.5 Å². The van der Waals surface area contributed by atoms with Crippen molar-refractivity contribution in [1.82, 2.24) is 9.78 Å². The van der Waals surface area contributed by atoms with Gasteiger partial charge in [0.25, 0.3) is 5.91 Å². The van der Waals surface area contributed by atoms with E-state index in [1.165, 1.54) is 5.56 Å². The minimum absolute atomic E-state index is 0.0428. The normalized spacial score (nSPS) is 10.8. The molecule has 5 nitrogen and oxygen atoms in total. The standard InChI is InChI=1S/C22H25N3O2/c1-16(2)19-10-9-17(3)20(13-19)27-15-22(26)24-21-11-12-23-25(21)14-18-7-5-4-6-8-18/h4-13,16H,14-15H2,1-3H3,(H,24,26). The molecule has 0 aliphatic rings. The number of hydrogen-bond acceptors (Lipinski definition) is 3. The number of nitrogens with zero attached hydrogens (tertiary/aromatic N) is 2. The van der Waals surface area contributed by atoms with Crippen LogP contribution in [0.5, 0.6) is 5.75 Å². The number of nitrogens with one attached hydrogen (secondary N) is 1. The number of carbonyl (C=O) groups is 1. The lowest BCUT2D eigenvalue weighted by Crippen LogP contribution is -2.22. The zero-order valence-electron chi connectivity index (χ0n) is 16.0. The van der Waals surface area contributed by atoms with Gasteiger partial charge in [-0.3, -0.25) is 4.79 Å². The van der Waals surface area contributed by atoms with E-state index in [0.717, 1.165) is 16.9 Å². The summed E-state index contributed by atoms with van der Waals surface area (Å²) in [5, 5.41) is 7.16. The molecule has 0 saturated carbocycles. The van der Waals surface area contributed by atoms with Crippen molar-refractivity contribution in [3.8, 4) is 5.75 Å². The van der Waals surface area contributed by atoms with Crippen LogP contribution in [0.4, 0.5) is 5.82 Å². The van der Waals surface area contributed by atoms with Gasteiger partial charge < -0.3 is 10.1 Å². The maximum Gasteiger partial charge on any atom is 0.263 e. The van der Waals surface area contributed by atoms with Gasteiger partial charge >= 0.3 is 0 Å². The summed E-state index contributed by atoms with van der Waals surface area (Å²) in [5.74, 6) is 1.60. The van der Waals surface area contributed by atoms with E-state index in [0.29, 0.717) is 18.3 Å². The minimum Gasteiger partial charge on any atom is -0.483 e. The summed E-state index contributed by atoms with van der Waals surface area (Å²) in [6.07, 6.45) is 1.68. The Morgan fingerprint density at radius 2 is 1.93 bits per heavy atom. The van der Waals surface area contributed by atoms with Crippen molar-refractivity contribution in [2.24, 2.45) is 0 Å². The molecule has 1 N–H and O–H groups in total. The molecule has 0 bridgehead atoms. The van der Waals surface area contributed by atoms with Gasteiger partial charge in [-0.25, -0.2) is 4.68 Å². The van der Waals surface area contributed by atoms with E-state index in [4.69, 9.17) is 4.74 Å². The van der Waals surface area contributed by atoms with E-state index in [9.17, 15) is 4.79 Å². The summed E-state index contributed by atoms with van der Waals surface area (Å²) in [5.41, 5.74) is 3.33. The van der Waals surface area contributed by atoms with E-state index in [2.05, 4.69) is 30.3 Å². The minimum atomic E-state index is -0.209. The number of rotatable bonds is 7.